The van der Waals surface area contributed by atoms with E-state index in [2.05, 4.69) is 18.5 Å². The van der Waals surface area contributed by atoms with Crippen molar-refractivity contribution >= 4 is 6.09 Å². The number of amides is 1. The van der Waals surface area contributed by atoms with Crippen LogP contribution in [0.3, 0.4) is 0 Å². The van der Waals surface area contributed by atoms with Crippen LogP contribution in [0.25, 0.3) is 0 Å². The second-order valence-corrected chi connectivity index (χ2v) is 4.26. The molecule has 2 aliphatic rings. The van der Waals surface area contributed by atoms with Gasteiger partial charge in [-0.15, -0.1) is 0 Å². The zero-order valence-corrected chi connectivity index (χ0v) is 9.85. The third-order valence-electron chi connectivity index (χ3n) is 2.95. The molecule has 0 radical (unpaired) electrons. The fraction of sp³-hybridized carbons (Fsp3) is 0.583. The maximum Gasteiger partial charge on any atom is 0.412 e. The normalized spacial score (nSPS) is 28.5. The van der Waals surface area contributed by atoms with Crippen LogP contribution >= 0.6 is 0 Å². The van der Waals surface area contributed by atoms with Crippen molar-refractivity contribution in [3.63, 3.8) is 0 Å². The van der Waals surface area contributed by atoms with Gasteiger partial charge in [-0.3, -0.25) is 4.90 Å². The highest BCUT2D eigenvalue weighted by Crippen LogP contribution is 2.22. The van der Waals surface area contributed by atoms with E-state index in [9.17, 15) is 4.79 Å². The van der Waals surface area contributed by atoms with E-state index in [0.717, 1.165) is 18.5 Å². The van der Waals surface area contributed by atoms with Gasteiger partial charge in [0.2, 0.25) is 0 Å². The Morgan fingerprint density at radius 2 is 2.53 bits per heavy atom. The number of carbonyl (C=O) groups excluding carboxylic acids is 1. The molecule has 2 atom stereocenters. The number of carbonyl (C=O) groups is 1. The molecule has 2 fully saturated rings. The second kappa shape index (κ2) is 5.33. The van der Waals surface area contributed by atoms with Crippen LogP contribution < -0.4 is 5.32 Å². The smallest absolute Gasteiger partial charge is 0.412 e. The first-order valence-electron chi connectivity index (χ1n) is 5.78. The summed E-state index contributed by atoms with van der Waals surface area (Å²) in [7, 11) is 0. The Bertz CT molecular complexity index is 330. The zero-order chi connectivity index (χ0) is 12.3. The molecule has 2 rings (SSSR count). The van der Waals surface area contributed by atoms with E-state index in [1.165, 1.54) is 0 Å². The van der Waals surface area contributed by atoms with E-state index >= 15 is 0 Å². The van der Waals surface area contributed by atoms with Gasteiger partial charge in [0.1, 0.15) is 6.61 Å². The molecule has 17 heavy (non-hydrogen) atoms. The van der Waals surface area contributed by atoms with Crippen molar-refractivity contribution in [1.29, 1.82) is 0 Å². The van der Waals surface area contributed by atoms with Gasteiger partial charge >= 0.3 is 6.09 Å². The van der Waals surface area contributed by atoms with Crippen LogP contribution in [0.15, 0.2) is 24.8 Å². The molecule has 0 aromatic carbocycles. The van der Waals surface area contributed by atoms with Gasteiger partial charge in [-0.25, -0.2) is 4.79 Å². The molecule has 0 bridgehead atoms. The lowest BCUT2D eigenvalue weighted by Crippen LogP contribution is -2.47. The minimum Gasteiger partial charge on any atom is -0.445 e. The van der Waals surface area contributed by atoms with Crippen LogP contribution in [0, 0.1) is 0 Å². The molecule has 0 spiro atoms. The SMILES string of the molecule is C=CCOC(=O)N1CCOC1[C@@H]1CC(=C)CN1. The first-order valence-corrected chi connectivity index (χ1v) is 5.78. The predicted molar refractivity (Wildman–Crippen MR) is 63.5 cm³/mol. The average molecular weight is 238 g/mol. The Labute approximate surface area is 101 Å². The van der Waals surface area contributed by atoms with E-state index in [-0.39, 0.29) is 25.0 Å². The molecule has 2 saturated heterocycles. The molecule has 5 nitrogen and oxygen atoms in total. The van der Waals surface area contributed by atoms with Crippen molar-refractivity contribution in [2.24, 2.45) is 0 Å². The molecule has 1 amide bonds. The van der Waals surface area contributed by atoms with Crippen molar-refractivity contribution in [3.05, 3.63) is 24.8 Å². The summed E-state index contributed by atoms with van der Waals surface area (Å²) in [6.07, 6.45) is 1.81. The highest BCUT2D eigenvalue weighted by atomic mass is 16.6. The first-order chi connectivity index (χ1) is 8.22. The third kappa shape index (κ3) is 2.68. The van der Waals surface area contributed by atoms with E-state index in [1.807, 2.05) is 0 Å². The van der Waals surface area contributed by atoms with Gasteiger partial charge in [0.25, 0.3) is 0 Å². The Kier molecular flexibility index (Phi) is 3.81. The summed E-state index contributed by atoms with van der Waals surface area (Å²) in [5, 5.41) is 3.30. The number of hydrogen-bond donors (Lipinski definition) is 1. The summed E-state index contributed by atoms with van der Waals surface area (Å²) in [6.45, 7) is 9.59. The molecule has 1 unspecified atom stereocenters. The first kappa shape index (κ1) is 12.1. The molecule has 94 valence electrons. The van der Waals surface area contributed by atoms with Gasteiger partial charge in [-0.2, -0.15) is 0 Å². The lowest BCUT2D eigenvalue weighted by atomic mass is 10.1. The van der Waals surface area contributed by atoms with Gasteiger partial charge in [-0.05, 0) is 6.42 Å². The average Bonchev–Trinajstić information content (AvgIpc) is 2.93. The quantitative estimate of drug-likeness (QED) is 0.742. The topological polar surface area (TPSA) is 50.8 Å². The molecule has 5 heteroatoms. The molecular formula is C12H18N2O3. The van der Waals surface area contributed by atoms with Gasteiger partial charge in [0.15, 0.2) is 6.23 Å². The fourth-order valence-electron chi connectivity index (χ4n) is 2.16. The summed E-state index contributed by atoms with van der Waals surface area (Å²) in [6, 6.07) is 0.126. The molecule has 0 saturated carbocycles. The fourth-order valence-corrected chi connectivity index (χ4v) is 2.16. The Morgan fingerprint density at radius 3 is 3.18 bits per heavy atom. The van der Waals surface area contributed by atoms with Crippen LogP contribution in [0.2, 0.25) is 0 Å². The maximum absolute atomic E-state index is 11.8. The van der Waals surface area contributed by atoms with Crippen LogP contribution in [0.1, 0.15) is 6.42 Å². The van der Waals surface area contributed by atoms with E-state index < -0.39 is 0 Å². The lowest BCUT2D eigenvalue weighted by molar-refractivity contribution is 0.00715. The molecule has 2 aliphatic heterocycles. The van der Waals surface area contributed by atoms with E-state index in [1.54, 1.807) is 11.0 Å². The van der Waals surface area contributed by atoms with E-state index in [0.29, 0.717) is 13.2 Å². The van der Waals surface area contributed by atoms with Crippen molar-refractivity contribution in [2.45, 2.75) is 18.7 Å². The minimum absolute atomic E-state index is 0.126. The van der Waals surface area contributed by atoms with Crippen molar-refractivity contribution < 1.29 is 14.3 Å². The molecule has 1 N–H and O–H groups in total. The lowest BCUT2D eigenvalue weighted by Gasteiger charge is -2.26. The summed E-state index contributed by atoms with van der Waals surface area (Å²) in [5.41, 5.74) is 1.14. The molecule has 2 heterocycles. The predicted octanol–water partition coefficient (Wildman–Crippen LogP) is 0.885. The number of nitrogens with one attached hydrogen (secondary N) is 1. The Morgan fingerprint density at radius 1 is 1.71 bits per heavy atom. The molecule has 0 aliphatic carbocycles. The monoisotopic (exact) mass is 238 g/mol. The van der Waals surface area contributed by atoms with Crippen LogP contribution in [0.5, 0.6) is 0 Å². The zero-order valence-electron chi connectivity index (χ0n) is 9.85. The van der Waals surface area contributed by atoms with Crippen molar-refractivity contribution in [2.75, 3.05) is 26.3 Å². The number of hydrogen-bond acceptors (Lipinski definition) is 4. The van der Waals surface area contributed by atoms with E-state index in [4.69, 9.17) is 9.47 Å². The van der Waals surface area contributed by atoms with Crippen molar-refractivity contribution in [1.82, 2.24) is 10.2 Å². The van der Waals surface area contributed by atoms with Crippen molar-refractivity contribution in [3.8, 4) is 0 Å². The summed E-state index contributed by atoms with van der Waals surface area (Å²) in [5.74, 6) is 0. The van der Waals surface area contributed by atoms with Gasteiger partial charge < -0.3 is 14.8 Å². The number of nitrogens with zero attached hydrogens (tertiary/aromatic N) is 1. The van der Waals surface area contributed by atoms with Gasteiger partial charge in [0.05, 0.1) is 19.2 Å². The Balaban J connectivity index is 1.94. The summed E-state index contributed by atoms with van der Waals surface area (Å²) >= 11 is 0. The number of rotatable bonds is 3. The number of ether oxygens (including phenoxy) is 2. The maximum atomic E-state index is 11.8. The molecule has 0 aromatic rings. The Hall–Kier alpha value is -1.33. The highest BCUT2D eigenvalue weighted by molar-refractivity contribution is 5.68. The van der Waals surface area contributed by atoms with Gasteiger partial charge in [-0.1, -0.05) is 24.8 Å². The molecular weight excluding hydrogens is 220 g/mol. The standard InChI is InChI=1S/C12H18N2O3/c1-3-5-17-12(15)14-4-6-16-11(14)10-7-9(2)8-13-10/h3,10-11,13H,1-2,4-8H2/t10-,11?/m0/s1. The van der Waals surface area contributed by atoms with Crippen LogP contribution in [0.4, 0.5) is 4.79 Å². The minimum atomic E-state index is -0.341. The third-order valence-corrected chi connectivity index (χ3v) is 2.95. The summed E-state index contributed by atoms with van der Waals surface area (Å²) in [4.78, 5) is 13.4. The van der Waals surface area contributed by atoms with Crippen LogP contribution in [-0.2, 0) is 9.47 Å². The highest BCUT2D eigenvalue weighted by Gasteiger charge is 2.38. The largest absolute Gasteiger partial charge is 0.445 e. The van der Waals surface area contributed by atoms with Crippen LogP contribution in [-0.4, -0.2) is 49.6 Å². The van der Waals surface area contributed by atoms with Gasteiger partial charge in [0, 0.05) is 6.54 Å². The molecule has 0 aromatic heterocycles. The summed E-state index contributed by atoms with van der Waals surface area (Å²) < 4.78 is 10.6. The second-order valence-electron chi connectivity index (χ2n) is 4.26.